The van der Waals surface area contributed by atoms with Gasteiger partial charge in [-0.15, -0.1) is 0 Å². The van der Waals surface area contributed by atoms with Crippen LogP contribution in [0.3, 0.4) is 0 Å². The van der Waals surface area contributed by atoms with Gasteiger partial charge in [0.2, 0.25) is 5.91 Å². The number of rotatable bonds is 4. The summed E-state index contributed by atoms with van der Waals surface area (Å²) >= 11 is 0. The van der Waals surface area contributed by atoms with Crippen molar-refractivity contribution in [2.24, 2.45) is 11.3 Å². The van der Waals surface area contributed by atoms with Crippen molar-refractivity contribution < 1.29 is 19.1 Å². The summed E-state index contributed by atoms with van der Waals surface area (Å²) in [6, 6.07) is 9.19. The topological polar surface area (TPSA) is 75.7 Å². The van der Waals surface area contributed by atoms with Gasteiger partial charge in [0.1, 0.15) is 6.54 Å². The van der Waals surface area contributed by atoms with Gasteiger partial charge in [-0.2, -0.15) is 0 Å². The molecule has 0 aromatic heterocycles. The van der Waals surface area contributed by atoms with E-state index in [1.165, 1.54) is 13.5 Å². The molecule has 6 nitrogen and oxygen atoms in total. The first-order valence-electron chi connectivity index (χ1n) is 9.24. The summed E-state index contributed by atoms with van der Waals surface area (Å²) in [6.45, 7) is 0.881. The largest absolute Gasteiger partial charge is 0.468 e. The number of nitrogens with zero attached hydrogens (tertiary/aromatic N) is 1. The molecule has 0 bridgehead atoms. The van der Waals surface area contributed by atoms with Gasteiger partial charge < -0.3 is 15.0 Å². The van der Waals surface area contributed by atoms with E-state index in [-0.39, 0.29) is 29.7 Å². The van der Waals surface area contributed by atoms with Crippen LogP contribution in [-0.2, 0) is 14.3 Å². The van der Waals surface area contributed by atoms with Gasteiger partial charge in [-0.05, 0) is 25.0 Å². The Hall–Kier alpha value is -2.37. The van der Waals surface area contributed by atoms with Crippen molar-refractivity contribution in [3.63, 3.8) is 0 Å². The molecule has 2 amide bonds. The molecular weight excluding hydrogens is 332 g/mol. The molecule has 1 aromatic rings. The molecule has 1 atom stereocenters. The smallest absolute Gasteiger partial charge is 0.325 e. The Balaban J connectivity index is 1.76. The van der Waals surface area contributed by atoms with Crippen LogP contribution < -0.4 is 5.32 Å². The van der Waals surface area contributed by atoms with Crippen molar-refractivity contribution in [3.8, 4) is 0 Å². The summed E-state index contributed by atoms with van der Waals surface area (Å²) in [7, 11) is 1.30. The second-order valence-corrected chi connectivity index (χ2v) is 7.32. The molecule has 1 aliphatic carbocycles. The predicted molar refractivity (Wildman–Crippen MR) is 96.4 cm³/mol. The second kappa shape index (κ2) is 7.89. The van der Waals surface area contributed by atoms with Gasteiger partial charge in [0.25, 0.3) is 5.91 Å². The fourth-order valence-electron chi connectivity index (χ4n) is 4.37. The highest BCUT2D eigenvalue weighted by Gasteiger charge is 2.51. The summed E-state index contributed by atoms with van der Waals surface area (Å²) in [4.78, 5) is 38.8. The Kier molecular flexibility index (Phi) is 5.59. The van der Waals surface area contributed by atoms with Crippen LogP contribution in [-0.4, -0.2) is 49.4 Å². The Morgan fingerprint density at radius 1 is 1.15 bits per heavy atom. The first-order valence-corrected chi connectivity index (χ1v) is 9.24. The normalized spacial score (nSPS) is 21.4. The minimum atomic E-state index is -0.466. The van der Waals surface area contributed by atoms with Crippen LogP contribution in [0.25, 0.3) is 0 Å². The highest BCUT2D eigenvalue weighted by molar-refractivity contribution is 5.95. The van der Waals surface area contributed by atoms with Crippen LogP contribution in [0.4, 0.5) is 0 Å². The average molecular weight is 358 g/mol. The lowest BCUT2D eigenvalue weighted by atomic mass is 9.67. The summed E-state index contributed by atoms with van der Waals surface area (Å²) in [5.41, 5.74) is 0.470. The first kappa shape index (κ1) is 18.4. The summed E-state index contributed by atoms with van der Waals surface area (Å²) in [5.74, 6) is -0.925. The molecule has 6 heteroatoms. The molecule has 1 saturated carbocycles. The fraction of sp³-hybridized carbons (Fsp3) is 0.550. The van der Waals surface area contributed by atoms with Crippen molar-refractivity contribution in [1.82, 2.24) is 10.2 Å². The molecule has 1 spiro atoms. The van der Waals surface area contributed by atoms with E-state index in [2.05, 4.69) is 10.1 Å². The van der Waals surface area contributed by atoms with Gasteiger partial charge in [0, 0.05) is 24.1 Å². The number of methoxy groups -OCH3 is 1. The standard InChI is InChI=1S/C20H26N2O4/c1-26-17(23)12-21-18(24)16-13-22(14-20(16)10-6-3-7-11-20)19(25)15-8-4-2-5-9-15/h2,4-5,8-9,16H,3,6-7,10-14H2,1H3,(H,21,24). The predicted octanol–water partition coefficient (Wildman–Crippen LogP) is 2.00. The minimum absolute atomic E-state index is 0.0289. The highest BCUT2D eigenvalue weighted by Crippen LogP contribution is 2.47. The number of nitrogens with one attached hydrogen (secondary N) is 1. The zero-order chi connectivity index (χ0) is 18.6. The number of likely N-dealkylation sites (tertiary alicyclic amines) is 1. The van der Waals surface area contributed by atoms with Gasteiger partial charge in [0.05, 0.1) is 13.0 Å². The van der Waals surface area contributed by atoms with E-state index >= 15 is 0 Å². The van der Waals surface area contributed by atoms with Gasteiger partial charge in [-0.3, -0.25) is 14.4 Å². The van der Waals surface area contributed by atoms with E-state index in [1.807, 2.05) is 23.1 Å². The van der Waals surface area contributed by atoms with Crippen LogP contribution >= 0.6 is 0 Å². The maximum atomic E-state index is 12.9. The Morgan fingerprint density at radius 3 is 2.50 bits per heavy atom. The maximum absolute atomic E-state index is 12.9. The fourth-order valence-corrected chi connectivity index (χ4v) is 4.37. The molecule has 1 saturated heterocycles. The first-order chi connectivity index (χ1) is 12.6. The zero-order valence-corrected chi connectivity index (χ0v) is 15.2. The van der Waals surface area contributed by atoms with E-state index < -0.39 is 5.97 Å². The molecule has 26 heavy (non-hydrogen) atoms. The molecule has 1 aliphatic heterocycles. The maximum Gasteiger partial charge on any atom is 0.325 e. The molecule has 1 aromatic carbocycles. The number of ether oxygens (including phenoxy) is 1. The lowest BCUT2D eigenvalue weighted by molar-refractivity contribution is -0.142. The number of carbonyl (C=O) groups excluding carboxylic acids is 3. The molecule has 3 rings (SSSR count). The van der Waals surface area contributed by atoms with Gasteiger partial charge in [-0.1, -0.05) is 37.5 Å². The summed E-state index contributed by atoms with van der Waals surface area (Å²) < 4.78 is 4.60. The number of esters is 1. The SMILES string of the molecule is COC(=O)CNC(=O)C1CN(C(=O)c2ccccc2)CC12CCCCC2. The Morgan fingerprint density at radius 2 is 1.85 bits per heavy atom. The molecule has 2 aliphatic rings. The van der Waals surface area contributed by atoms with Crippen LogP contribution in [0.2, 0.25) is 0 Å². The second-order valence-electron chi connectivity index (χ2n) is 7.32. The Labute approximate surface area is 153 Å². The van der Waals surface area contributed by atoms with Gasteiger partial charge in [-0.25, -0.2) is 0 Å². The number of amides is 2. The van der Waals surface area contributed by atoms with Crippen molar-refractivity contribution >= 4 is 17.8 Å². The third-order valence-electron chi connectivity index (χ3n) is 5.76. The average Bonchev–Trinajstić information content (AvgIpc) is 3.05. The minimum Gasteiger partial charge on any atom is -0.468 e. The van der Waals surface area contributed by atoms with E-state index in [0.717, 1.165) is 25.7 Å². The third-order valence-corrected chi connectivity index (χ3v) is 5.76. The quantitative estimate of drug-likeness (QED) is 0.836. The van der Waals surface area contributed by atoms with E-state index in [1.54, 1.807) is 12.1 Å². The summed E-state index contributed by atoms with van der Waals surface area (Å²) in [6.07, 6.45) is 5.22. The molecular formula is C20H26N2O4. The molecule has 0 radical (unpaired) electrons. The van der Waals surface area contributed by atoms with E-state index in [0.29, 0.717) is 18.7 Å². The number of benzene rings is 1. The third kappa shape index (κ3) is 3.74. The van der Waals surface area contributed by atoms with E-state index in [9.17, 15) is 14.4 Å². The molecule has 1 N–H and O–H groups in total. The molecule has 140 valence electrons. The Bertz CT molecular complexity index is 668. The molecule has 2 fully saturated rings. The number of hydrogen-bond acceptors (Lipinski definition) is 4. The summed E-state index contributed by atoms with van der Waals surface area (Å²) in [5, 5.41) is 2.69. The van der Waals surface area contributed by atoms with Crippen molar-refractivity contribution in [2.75, 3.05) is 26.7 Å². The van der Waals surface area contributed by atoms with Crippen LogP contribution in [0.15, 0.2) is 30.3 Å². The number of hydrogen-bond donors (Lipinski definition) is 1. The van der Waals surface area contributed by atoms with Crippen molar-refractivity contribution in [3.05, 3.63) is 35.9 Å². The van der Waals surface area contributed by atoms with E-state index in [4.69, 9.17) is 0 Å². The van der Waals surface area contributed by atoms with Crippen LogP contribution in [0, 0.1) is 11.3 Å². The van der Waals surface area contributed by atoms with Crippen LogP contribution in [0.1, 0.15) is 42.5 Å². The van der Waals surface area contributed by atoms with Gasteiger partial charge in [0.15, 0.2) is 0 Å². The molecule has 1 heterocycles. The highest BCUT2D eigenvalue weighted by atomic mass is 16.5. The van der Waals surface area contributed by atoms with Crippen molar-refractivity contribution in [1.29, 1.82) is 0 Å². The lowest BCUT2D eigenvalue weighted by Crippen LogP contribution is -2.44. The van der Waals surface area contributed by atoms with Crippen molar-refractivity contribution in [2.45, 2.75) is 32.1 Å². The van der Waals surface area contributed by atoms with Crippen LogP contribution in [0.5, 0.6) is 0 Å². The monoisotopic (exact) mass is 358 g/mol. The zero-order valence-electron chi connectivity index (χ0n) is 15.2. The number of carbonyl (C=O) groups is 3. The van der Waals surface area contributed by atoms with Gasteiger partial charge >= 0.3 is 5.97 Å². The molecule has 1 unspecified atom stereocenters. The lowest BCUT2D eigenvalue weighted by Gasteiger charge is -2.37.